The Labute approximate surface area is 124 Å². The molecule has 1 saturated heterocycles. The zero-order valence-electron chi connectivity index (χ0n) is 11.9. The summed E-state index contributed by atoms with van der Waals surface area (Å²) in [7, 11) is -3.10. The molecule has 0 radical (unpaired) electrons. The molecule has 1 aliphatic heterocycles. The van der Waals surface area contributed by atoms with Crippen LogP contribution in [0, 0.1) is 0 Å². The second kappa shape index (κ2) is 5.16. The third kappa shape index (κ3) is 2.79. The van der Waals surface area contributed by atoms with Gasteiger partial charge in [-0.05, 0) is 24.3 Å². The molecule has 2 heterocycles. The molecule has 2 N–H and O–H groups in total. The molecule has 1 aliphatic rings. The van der Waals surface area contributed by atoms with Gasteiger partial charge in [-0.1, -0.05) is 0 Å². The summed E-state index contributed by atoms with van der Waals surface area (Å²) < 4.78 is 24.6. The molecule has 112 valence electrons. The standard InChI is InChI=1S/C14H18N4O2S/c1-21(19,20)18-8-6-17(7-9-18)14-4-5-16-13-10-11(15)2-3-12(13)14/h2-5,10H,6-9,15H2,1H3. The van der Waals surface area contributed by atoms with Gasteiger partial charge in [0, 0.05) is 49.1 Å². The smallest absolute Gasteiger partial charge is 0.211 e. The number of benzene rings is 1. The zero-order chi connectivity index (χ0) is 15.0. The first kappa shape index (κ1) is 14.1. The van der Waals surface area contributed by atoms with Crippen molar-refractivity contribution in [3.05, 3.63) is 30.5 Å². The highest BCUT2D eigenvalue weighted by molar-refractivity contribution is 7.88. The normalized spacial score (nSPS) is 17.3. The van der Waals surface area contributed by atoms with Crippen LogP contribution in [0.4, 0.5) is 11.4 Å². The number of piperazine rings is 1. The highest BCUT2D eigenvalue weighted by atomic mass is 32.2. The van der Waals surface area contributed by atoms with Gasteiger partial charge in [-0.3, -0.25) is 4.98 Å². The highest BCUT2D eigenvalue weighted by Crippen LogP contribution is 2.27. The van der Waals surface area contributed by atoms with E-state index in [1.165, 1.54) is 10.6 Å². The van der Waals surface area contributed by atoms with Gasteiger partial charge in [0.1, 0.15) is 0 Å². The average Bonchev–Trinajstić information content (AvgIpc) is 2.45. The van der Waals surface area contributed by atoms with E-state index in [-0.39, 0.29) is 0 Å². The molecular weight excluding hydrogens is 288 g/mol. The van der Waals surface area contributed by atoms with Crippen LogP contribution in [-0.2, 0) is 10.0 Å². The van der Waals surface area contributed by atoms with Crippen LogP contribution >= 0.6 is 0 Å². The zero-order valence-corrected chi connectivity index (χ0v) is 12.7. The largest absolute Gasteiger partial charge is 0.399 e. The maximum absolute atomic E-state index is 11.6. The summed E-state index contributed by atoms with van der Waals surface area (Å²) in [5, 5.41) is 1.04. The summed E-state index contributed by atoms with van der Waals surface area (Å²) >= 11 is 0. The third-order valence-corrected chi connectivity index (χ3v) is 5.10. The first-order valence-corrected chi connectivity index (χ1v) is 8.64. The maximum atomic E-state index is 11.6. The van der Waals surface area contributed by atoms with Gasteiger partial charge in [-0.2, -0.15) is 4.31 Å². The number of sulfonamides is 1. The first-order chi connectivity index (χ1) is 9.95. The molecule has 1 aromatic heterocycles. The predicted octanol–water partition coefficient (Wildman–Crippen LogP) is 0.899. The van der Waals surface area contributed by atoms with Crippen LogP contribution in [0.2, 0.25) is 0 Å². The predicted molar refractivity (Wildman–Crippen MR) is 84.8 cm³/mol. The number of hydrogen-bond donors (Lipinski definition) is 1. The van der Waals surface area contributed by atoms with E-state index in [1.54, 1.807) is 6.20 Å². The summed E-state index contributed by atoms with van der Waals surface area (Å²) in [5.74, 6) is 0. The molecule has 7 heteroatoms. The molecule has 0 saturated carbocycles. The van der Waals surface area contributed by atoms with Crippen molar-refractivity contribution in [3.8, 4) is 0 Å². The van der Waals surface area contributed by atoms with E-state index < -0.39 is 10.0 Å². The van der Waals surface area contributed by atoms with Crippen LogP contribution in [0.25, 0.3) is 10.9 Å². The van der Waals surface area contributed by atoms with Gasteiger partial charge in [0.15, 0.2) is 0 Å². The molecule has 1 aromatic carbocycles. The van der Waals surface area contributed by atoms with Crippen LogP contribution in [0.15, 0.2) is 30.5 Å². The Kier molecular flexibility index (Phi) is 3.46. The minimum atomic E-state index is -3.10. The lowest BCUT2D eigenvalue weighted by Gasteiger charge is -2.35. The summed E-state index contributed by atoms with van der Waals surface area (Å²) in [6, 6.07) is 7.65. The molecule has 21 heavy (non-hydrogen) atoms. The van der Waals surface area contributed by atoms with Gasteiger partial charge in [0.25, 0.3) is 0 Å². The quantitative estimate of drug-likeness (QED) is 0.834. The number of hydrogen-bond acceptors (Lipinski definition) is 5. The van der Waals surface area contributed by atoms with E-state index in [0.717, 1.165) is 16.6 Å². The topological polar surface area (TPSA) is 79.5 Å². The Balaban J connectivity index is 1.89. The van der Waals surface area contributed by atoms with Gasteiger partial charge >= 0.3 is 0 Å². The summed E-state index contributed by atoms with van der Waals surface area (Å²) in [4.78, 5) is 6.54. The van der Waals surface area contributed by atoms with Gasteiger partial charge in [-0.25, -0.2) is 8.42 Å². The van der Waals surface area contributed by atoms with Crippen molar-refractivity contribution in [3.63, 3.8) is 0 Å². The minimum absolute atomic E-state index is 0.512. The monoisotopic (exact) mass is 306 g/mol. The van der Waals surface area contributed by atoms with Crippen molar-refractivity contribution in [2.24, 2.45) is 0 Å². The van der Waals surface area contributed by atoms with Crippen LogP contribution in [0.5, 0.6) is 0 Å². The van der Waals surface area contributed by atoms with Crippen molar-refractivity contribution in [2.45, 2.75) is 0 Å². The molecular formula is C14H18N4O2S. The Morgan fingerprint density at radius 1 is 1.14 bits per heavy atom. The van der Waals surface area contributed by atoms with Crippen LogP contribution < -0.4 is 10.6 Å². The molecule has 3 rings (SSSR count). The SMILES string of the molecule is CS(=O)(=O)N1CCN(c2ccnc3cc(N)ccc23)CC1. The summed E-state index contributed by atoms with van der Waals surface area (Å²) in [6.07, 6.45) is 3.02. The lowest BCUT2D eigenvalue weighted by molar-refractivity contribution is 0.388. The molecule has 2 aromatic rings. The lowest BCUT2D eigenvalue weighted by Crippen LogP contribution is -2.48. The van der Waals surface area contributed by atoms with Crippen molar-refractivity contribution in [1.29, 1.82) is 0 Å². The Hall–Kier alpha value is -1.86. The van der Waals surface area contributed by atoms with Crippen molar-refractivity contribution >= 4 is 32.3 Å². The maximum Gasteiger partial charge on any atom is 0.211 e. The average molecular weight is 306 g/mol. The van der Waals surface area contributed by atoms with E-state index in [0.29, 0.717) is 31.9 Å². The minimum Gasteiger partial charge on any atom is -0.399 e. The number of aromatic nitrogens is 1. The van der Waals surface area contributed by atoms with E-state index in [4.69, 9.17) is 5.73 Å². The molecule has 0 amide bonds. The van der Waals surface area contributed by atoms with Crippen molar-refractivity contribution in [2.75, 3.05) is 43.1 Å². The number of nitrogen functional groups attached to an aromatic ring is 1. The number of anilines is 2. The summed E-state index contributed by atoms with van der Waals surface area (Å²) in [5.41, 5.74) is 8.42. The third-order valence-electron chi connectivity index (χ3n) is 3.79. The lowest BCUT2D eigenvalue weighted by atomic mass is 10.1. The number of pyridine rings is 1. The number of rotatable bonds is 2. The highest BCUT2D eigenvalue weighted by Gasteiger charge is 2.24. The first-order valence-electron chi connectivity index (χ1n) is 6.79. The van der Waals surface area contributed by atoms with Gasteiger partial charge in [0.2, 0.25) is 10.0 Å². The molecule has 0 spiro atoms. The molecule has 0 atom stereocenters. The molecule has 0 bridgehead atoms. The number of nitrogens with zero attached hydrogens (tertiary/aromatic N) is 3. The number of nitrogens with two attached hydrogens (primary N) is 1. The van der Waals surface area contributed by atoms with Crippen molar-refractivity contribution < 1.29 is 8.42 Å². The van der Waals surface area contributed by atoms with Crippen LogP contribution in [-0.4, -0.2) is 50.1 Å². The van der Waals surface area contributed by atoms with Crippen LogP contribution in [0.1, 0.15) is 0 Å². The molecule has 6 nitrogen and oxygen atoms in total. The van der Waals surface area contributed by atoms with E-state index in [9.17, 15) is 8.42 Å². The van der Waals surface area contributed by atoms with E-state index in [2.05, 4.69) is 9.88 Å². The van der Waals surface area contributed by atoms with Gasteiger partial charge in [-0.15, -0.1) is 0 Å². The Morgan fingerprint density at radius 3 is 2.52 bits per heavy atom. The second-order valence-corrected chi connectivity index (χ2v) is 7.24. The fourth-order valence-electron chi connectivity index (χ4n) is 2.69. The van der Waals surface area contributed by atoms with Crippen molar-refractivity contribution in [1.82, 2.24) is 9.29 Å². The molecule has 0 aliphatic carbocycles. The fourth-order valence-corrected chi connectivity index (χ4v) is 3.51. The number of fused-ring (bicyclic) bond motifs is 1. The second-order valence-electron chi connectivity index (χ2n) is 5.26. The fraction of sp³-hybridized carbons (Fsp3) is 0.357. The van der Waals surface area contributed by atoms with Crippen LogP contribution in [0.3, 0.4) is 0 Å². The van der Waals surface area contributed by atoms with E-state index >= 15 is 0 Å². The molecule has 1 fully saturated rings. The Morgan fingerprint density at radius 2 is 1.86 bits per heavy atom. The molecule has 0 unspecified atom stereocenters. The summed E-state index contributed by atoms with van der Waals surface area (Å²) in [6.45, 7) is 2.38. The van der Waals surface area contributed by atoms with Gasteiger partial charge < -0.3 is 10.6 Å². The van der Waals surface area contributed by atoms with Gasteiger partial charge in [0.05, 0.1) is 11.8 Å². The van der Waals surface area contributed by atoms with E-state index in [1.807, 2.05) is 24.3 Å². The Bertz CT molecular complexity index is 768.